The van der Waals surface area contributed by atoms with Crippen molar-refractivity contribution in [2.24, 2.45) is 0 Å². The van der Waals surface area contributed by atoms with Gasteiger partial charge in [0.2, 0.25) is 5.91 Å². The molecule has 3 aromatic rings. The molecule has 3 rings (SSSR count). The number of benzene rings is 2. The Morgan fingerprint density at radius 2 is 2.00 bits per heavy atom. The molecule has 0 saturated heterocycles. The zero-order valence-electron chi connectivity index (χ0n) is 11.7. The van der Waals surface area contributed by atoms with Crippen LogP contribution in [0.4, 0.5) is 14.5 Å². The van der Waals surface area contributed by atoms with Crippen molar-refractivity contribution in [3.63, 3.8) is 0 Å². The lowest BCUT2D eigenvalue weighted by Gasteiger charge is -2.05. The summed E-state index contributed by atoms with van der Waals surface area (Å²) in [7, 11) is 0. The van der Waals surface area contributed by atoms with E-state index in [1.807, 2.05) is 0 Å². The summed E-state index contributed by atoms with van der Waals surface area (Å²) in [6, 6.07) is 8.49. The number of carbonyl (C=O) groups excluding carboxylic acids is 1. The number of rotatable bonds is 3. The van der Waals surface area contributed by atoms with Crippen LogP contribution >= 0.6 is 0 Å². The first-order chi connectivity index (χ1) is 10.5. The molecular formula is C16H12F2N2O2. The number of carbonyl (C=O) groups is 1. The number of nitrogens with one attached hydrogen (secondary N) is 1. The zero-order chi connectivity index (χ0) is 15.7. The molecule has 0 saturated carbocycles. The van der Waals surface area contributed by atoms with Gasteiger partial charge in [0.05, 0.1) is 6.42 Å². The quantitative estimate of drug-likeness (QED) is 0.804. The van der Waals surface area contributed by atoms with Crippen LogP contribution < -0.4 is 5.32 Å². The number of halogens is 2. The van der Waals surface area contributed by atoms with E-state index in [9.17, 15) is 13.6 Å². The van der Waals surface area contributed by atoms with Gasteiger partial charge in [-0.25, -0.2) is 13.8 Å². The molecule has 0 aliphatic heterocycles. The molecule has 0 fully saturated rings. The molecule has 0 bridgehead atoms. The highest BCUT2D eigenvalue weighted by Crippen LogP contribution is 2.18. The Morgan fingerprint density at radius 1 is 1.18 bits per heavy atom. The van der Waals surface area contributed by atoms with Crippen LogP contribution in [0.1, 0.15) is 11.5 Å². The summed E-state index contributed by atoms with van der Waals surface area (Å²) < 4.78 is 31.3. The minimum atomic E-state index is -1.00. The summed E-state index contributed by atoms with van der Waals surface area (Å²) >= 11 is 0. The summed E-state index contributed by atoms with van der Waals surface area (Å²) in [6.45, 7) is 1.75. The highest BCUT2D eigenvalue weighted by atomic mass is 19.2. The second kappa shape index (κ2) is 5.55. The Hall–Kier alpha value is -2.76. The smallest absolute Gasteiger partial charge is 0.228 e. The Kier molecular flexibility index (Phi) is 3.58. The second-order valence-electron chi connectivity index (χ2n) is 4.89. The minimum absolute atomic E-state index is 0.0919. The lowest BCUT2D eigenvalue weighted by Crippen LogP contribution is -2.14. The van der Waals surface area contributed by atoms with Crippen LogP contribution in [0.2, 0.25) is 0 Å². The monoisotopic (exact) mass is 302 g/mol. The largest absolute Gasteiger partial charge is 0.441 e. The fourth-order valence-corrected chi connectivity index (χ4v) is 2.16. The van der Waals surface area contributed by atoms with Crippen LogP contribution in [-0.4, -0.2) is 10.9 Å². The number of aromatic nitrogens is 1. The molecule has 22 heavy (non-hydrogen) atoms. The average Bonchev–Trinajstić information content (AvgIpc) is 2.82. The summed E-state index contributed by atoms with van der Waals surface area (Å²) in [5.74, 6) is -1.74. The highest BCUT2D eigenvalue weighted by Gasteiger charge is 2.09. The summed E-state index contributed by atoms with van der Waals surface area (Å²) in [4.78, 5) is 16.1. The van der Waals surface area contributed by atoms with Crippen molar-refractivity contribution < 1.29 is 18.0 Å². The molecule has 0 spiro atoms. The van der Waals surface area contributed by atoms with E-state index in [0.29, 0.717) is 11.5 Å². The topological polar surface area (TPSA) is 55.1 Å². The Balaban J connectivity index is 1.73. The predicted octanol–water partition coefficient (Wildman–Crippen LogP) is 3.60. The number of fused-ring (bicyclic) bond motifs is 1. The van der Waals surface area contributed by atoms with E-state index < -0.39 is 11.6 Å². The maximum atomic E-state index is 13.1. The third-order valence-corrected chi connectivity index (χ3v) is 3.13. The van der Waals surface area contributed by atoms with Gasteiger partial charge in [-0.2, -0.15) is 0 Å². The molecule has 1 heterocycles. The van der Waals surface area contributed by atoms with Crippen LogP contribution in [-0.2, 0) is 11.2 Å². The number of nitrogens with zero attached hydrogens (tertiary/aromatic N) is 1. The SMILES string of the molecule is Cc1nc2ccc(CC(=O)Nc3ccc(F)c(F)c3)cc2o1. The van der Waals surface area contributed by atoms with Gasteiger partial charge in [-0.3, -0.25) is 4.79 Å². The number of anilines is 1. The number of amides is 1. The molecule has 1 amide bonds. The van der Waals surface area contributed by atoms with E-state index >= 15 is 0 Å². The van der Waals surface area contributed by atoms with Crippen LogP contribution in [0.5, 0.6) is 0 Å². The normalized spacial score (nSPS) is 10.9. The van der Waals surface area contributed by atoms with Gasteiger partial charge >= 0.3 is 0 Å². The molecule has 6 heteroatoms. The average molecular weight is 302 g/mol. The summed E-state index contributed by atoms with van der Waals surface area (Å²) in [5, 5.41) is 2.52. The van der Waals surface area contributed by atoms with Gasteiger partial charge in [-0.15, -0.1) is 0 Å². The van der Waals surface area contributed by atoms with Crippen molar-refractivity contribution in [3.05, 3.63) is 59.5 Å². The molecule has 0 unspecified atom stereocenters. The number of aryl methyl sites for hydroxylation is 1. The molecule has 1 N–H and O–H groups in total. The summed E-state index contributed by atoms with van der Waals surface area (Å²) in [5.41, 5.74) is 2.28. The van der Waals surface area contributed by atoms with Crippen LogP contribution in [0.3, 0.4) is 0 Å². The van der Waals surface area contributed by atoms with E-state index in [0.717, 1.165) is 23.2 Å². The first kappa shape index (κ1) is 14.2. The Labute approximate surface area is 124 Å². The summed E-state index contributed by atoms with van der Waals surface area (Å²) in [6.07, 6.45) is 0.0919. The second-order valence-corrected chi connectivity index (χ2v) is 4.89. The third kappa shape index (κ3) is 2.95. The lowest BCUT2D eigenvalue weighted by molar-refractivity contribution is -0.115. The molecular weight excluding hydrogens is 290 g/mol. The maximum Gasteiger partial charge on any atom is 0.228 e. The minimum Gasteiger partial charge on any atom is -0.441 e. The van der Waals surface area contributed by atoms with E-state index in [-0.39, 0.29) is 18.0 Å². The molecule has 1 aromatic heterocycles. The van der Waals surface area contributed by atoms with Crippen molar-refractivity contribution in [1.29, 1.82) is 0 Å². The lowest BCUT2D eigenvalue weighted by atomic mass is 10.1. The number of oxazole rings is 1. The predicted molar refractivity (Wildman–Crippen MR) is 77.4 cm³/mol. The molecule has 4 nitrogen and oxygen atoms in total. The van der Waals surface area contributed by atoms with E-state index in [1.165, 1.54) is 6.07 Å². The van der Waals surface area contributed by atoms with Crippen molar-refractivity contribution in [3.8, 4) is 0 Å². The third-order valence-electron chi connectivity index (χ3n) is 3.13. The number of hydrogen-bond acceptors (Lipinski definition) is 3. The maximum absolute atomic E-state index is 13.1. The molecule has 0 radical (unpaired) electrons. The van der Waals surface area contributed by atoms with Gasteiger partial charge < -0.3 is 9.73 Å². The Morgan fingerprint density at radius 3 is 2.77 bits per heavy atom. The van der Waals surface area contributed by atoms with Gasteiger partial charge in [-0.1, -0.05) is 6.07 Å². The van der Waals surface area contributed by atoms with Crippen molar-refractivity contribution in [2.45, 2.75) is 13.3 Å². The molecule has 2 aromatic carbocycles. The van der Waals surface area contributed by atoms with Crippen molar-refractivity contribution in [1.82, 2.24) is 4.98 Å². The van der Waals surface area contributed by atoms with Crippen LogP contribution in [0.25, 0.3) is 11.1 Å². The fraction of sp³-hybridized carbons (Fsp3) is 0.125. The van der Waals surface area contributed by atoms with E-state index in [1.54, 1.807) is 25.1 Å². The van der Waals surface area contributed by atoms with Gasteiger partial charge in [0.15, 0.2) is 23.1 Å². The molecule has 0 aliphatic rings. The first-order valence-electron chi connectivity index (χ1n) is 6.62. The van der Waals surface area contributed by atoms with Gasteiger partial charge in [0.1, 0.15) is 5.52 Å². The van der Waals surface area contributed by atoms with Crippen LogP contribution in [0.15, 0.2) is 40.8 Å². The fourth-order valence-electron chi connectivity index (χ4n) is 2.16. The molecule has 0 aliphatic carbocycles. The van der Waals surface area contributed by atoms with E-state index in [4.69, 9.17) is 4.42 Å². The van der Waals surface area contributed by atoms with E-state index in [2.05, 4.69) is 10.3 Å². The van der Waals surface area contributed by atoms with Gasteiger partial charge in [0, 0.05) is 18.7 Å². The first-order valence-corrected chi connectivity index (χ1v) is 6.62. The standard InChI is InChI=1S/C16H12F2N2O2/c1-9-19-14-5-2-10(6-15(14)22-9)7-16(21)20-11-3-4-12(17)13(18)8-11/h2-6,8H,7H2,1H3,(H,20,21). The van der Waals surface area contributed by atoms with Crippen molar-refractivity contribution >= 4 is 22.7 Å². The number of hydrogen-bond donors (Lipinski definition) is 1. The molecule has 0 atom stereocenters. The van der Waals surface area contributed by atoms with Crippen molar-refractivity contribution in [2.75, 3.05) is 5.32 Å². The highest BCUT2D eigenvalue weighted by molar-refractivity contribution is 5.92. The zero-order valence-corrected chi connectivity index (χ0v) is 11.7. The Bertz CT molecular complexity index is 858. The van der Waals surface area contributed by atoms with Crippen LogP contribution in [0, 0.1) is 18.6 Å². The molecule has 112 valence electrons. The van der Waals surface area contributed by atoms with Gasteiger partial charge in [0.25, 0.3) is 0 Å². The van der Waals surface area contributed by atoms with Gasteiger partial charge in [-0.05, 0) is 29.8 Å².